The lowest BCUT2D eigenvalue weighted by Gasteiger charge is -2.53. The van der Waals surface area contributed by atoms with Crippen molar-refractivity contribution in [3.63, 3.8) is 0 Å². The molecule has 6 aliphatic heterocycles. The van der Waals surface area contributed by atoms with Gasteiger partial charge in [0.05, 0.1) is 67.1 Å². The average Bonchev–Trinajstić information content (AvgIpc) is 3.31. The fourth-order valence-corrected chi connectivity index (χ4v) is 13.4. The fourth-order valence-electron chi connectivity index (χ4n) is 13.4. The van der Waals surface area contributed by atoms with Crippen LogP contribution in [-0.2, 0) is 52.1 Å². The zero-order valence-electron chi connectivity index (χ0n) is 46.9. The third kappa shape index (κ3) is 11.6. The maximum Gasteiger partial charge on any atom is 0.184 e. The van der Waals surface area contributed by atoms with E-state index in [1.807, 2.05) is 0 Å². The molecule has 11 nitrogen and oxygen atoms in total. The molecule has 6 rings (SSSR count). The van der Waals surface area contributed by atoms with Crippen LogP contribution in [0.5, 0.6) is 0 Å². The van der Waals surface area contributed by atoms with Gasteiger partial charge in [-0.25, -0.2) is 0 Å². The van der Waals surface area contributed by atoms with Gasteiger partial charge in [-0.1, -0.05) is 138 Å². The Bertz CT molecular complexity index is 1510. The van der Waals surface area contributed by atoms with E-state index in [4.69, 9.17) is 52.1 Å². The summed E-state index contributed by atoms with van der Waals surface area (Å²) in [5.41, 5.74) is 0. The van der Waals surface area contributed by atoms with E-state index < -0.39 is 18.9 Å². The molecule has 68 heavy (non-hydrogen) atoms. The Kier molecular flexibility index (Phi) is 20.3. The van der Waals surface area contributed by atoms with Crippen LogP contribution in [0, 0.1) is 82.9 Å². The highest BCUT2D eigenvalue weighted by atomic mass is 16.8. The van der Waals surface area contributed by atoms with E-state index in [9.17, 15) is 0 Å². The minimum atomic E-state index is -0.548. The van der Waals surface area contributed by atoms with Gasteiger partial charge in [0, 0.05) is 35.5 Å². The minimum Gasteiger partial charge on any atom is -0.372 e. The van der Waals surface area contributed by atoms with E-state index in [0.717, 1.165) is 32.1 Å². The van der Waals surface area contributed by atoms with Crippen LogP contribution >= 0.6 is 0 Å². The lowest BCUT2D eigenvalue weighted by atomic mass is 9.77. The second-order valence-electron chi connectivity index (χ2n) is 24.0. The molecule has 0 aromatic heterocycles. The van der Waals surface area contributed by atoms with Crippen molar-refractivity contribution in [2.24, 2.45) is 82.9 Å². The summed E-state index contributed by atoms with van der Waals surface area (Å²) in [7, 11) is 0. The molecular formula is C57H104O11. The van der Waals surface area contributed by atoms with Gasteiger partial charge in [0.2, 0.25) is 0 Å². The van der Waals surface area contributed by atoms with E-state index >= 15 is 0 Å². The van der Waals surface area contributed by atoms with Crippen molar-refractivity contribution < 1.29 is 52.1 Å². The molecule has 398 valence electrons. The quantitative estimate of drug-likeness (QED) is 0.148. The minimum absolute atomic E-state index is 0.0296. The summed E-state index contributed by atoms with van der Waals surface area (Å²) in [6.07, 6.45) is 1.49. The number of hydrogen-bond donors (Lipinski definition) is 0. The third-order valence-electron chi connectivity index (χ3n) is 19.6. The van der Waals surface area contributed by atoms with Crippen LogP contribution in [0.4, 0.5) is 0 Å². The van der Waals surface area contributed by atoms with Crippen LogP contribution in [-0.4, -0.2) is 105 Å². The van der Waals surface area contributed by atoms with Gasteiger partial charge in [0.15, 0.2) is 31.5 Å². The molecule has 0 aliphatic carbocycles. The molecule has 0 aromatic carbocycles. The Labute approximate surface area is 415 Å². The van der Waals surface area contributed by atoms with Gasteiger partial charge < -0.3 is 52.1 Å². The third-order valence-corrected chi connectivity index (χ3v) is 19.6. The smallest absolute Gasteiger partial charge is 0.184 e. The highest BCUT2D eigenvalue weighted by Crippen LogP contribution is 2.47. The molecule has 0 saturated carbocycles. The van der Waals surface area contributed by atoms with Crippen molar-refractivity contribution in [1.29, 1.82) is 0 Å². The second kappa shape index (κ2) is 24.3. The Morgan fingerprint density at radius 1 is 0.279 bits per heavy atom. The zero-order valence-corrected chi connectivity index (χ0v) is 46.9. The van der Waals surface area contributed by atoms with Crippen molar-refractivity contribution in [3.05, 3.63) is 0 Å². The standard InChI is InChI=1S/C57H104O11/c1-22-42-30(10)31(11)52(68-53-35(15)28(8)29(9)41(21)58-53)57(62-42)65-49-38(18)44(24-3)60-55(40(49)20)64-48-37(17)43(23-2)61-56(39(48)19)67-51-34(14)36(16)54(63-46(51)26-5)66-50-33(13)32(12)47(27(6)7)59-45(50)25-4/h27-57H,22-26H2,1-21H3/t28-,29-,30-,31+,32?,33-,34-,35?,36?,37+,38+,39?,40?,41?,42?,43?,44?,45?,46?,47?,48+,49+,50-,51-,52?,53+,54+,55+,56+,57+/m1/s1. The molecule has 6 heterocycles. The van der Waals surface area contributed by atoms with E-state index in [0.29, 0.717) is 35.5 Å². The highest BCUT2D eigenvalue weighted by molar-refractivity contribution is 4.96. The Balaban J connectivity index is 1.18. The van der Waals surface area contributed by atoms with Gasteiger partial charge >= 0.3 is 0 Å². The fraction of sp³-hybridized carbons (Fsp3) is 1.00. The average molecular weight is 965 g/mol. The lowest BCUT2D eigenvalue weighted by molar-refractivity contribution is -0.373. The van der Waals surface area contributed by atoms with E-state index in [1.54, 1.807) is 0 Å². The first-order valence-corrected chi connectivity index (χ1v) is 28.3. The van der Waals surface area contributed by atoms with Crippen LogP contribution in [0.1, 0.15) is 178 Å². The molecule has 0 spiro atoms. The van der Waals surface area contributed by atoms with Crippen molar-refractivity contribution >= 4 is 0 Å². The molecule has 30 atom stereocenters. The van der Waals surface area contributed by atoms with Gasteiger partial charge in [-0.15, -0.1) is 0 Å². The summed E-state index contributed by atoms with van der Waals surface area (Å²) in [6, 6.07) is 0. The summed E-state index contributed by atoms with van der Waals surface area (Å²) in [5.74, 6) is 3.23. The Morgan fingerprint density at radius 3 is 1.10 bits per heavy atom. The van der Waals surface area contributed by atoms with E-state index in [1.165, 1.54) is 0 Å². The topological polar surface area (TPSA) is 102 Å². The Hall–Kier alpha value is -0.440. The van der Waals surface area contributed by atoms with Crippen LogP contribution in [0.15, 0.2) is 0 Å². The molecule has 0 N–H and O–H groups in total. The van der Waals surface area contributed by atoms with Gasteiger partial charge in [-0.3, -0.25) is 0 Å². The summed E-state index contributed by atoms with van der Waals surface area (Å²) in [4.78, 5) is 0. The molecule has 6 aliphatic rings. The molecule has 11 heteroatoms. The van der Waals surface area contributed by atoms with Crippen molar-refractivity contribution in [3.8, 4) is 0 Å². The highest BCUT2D eigenvalue weighted by Gasteiger charge is 2.54. The summed E-state index contributed by atoms with van der Waals surface area (Å²) < 4.78 is 77.2. The number of hydrogen-bond acceptors (Lipinski definition) is 11. The SMILES string of the molecule is CCC1O[C@@H](O[C@@H]2C(C)[C@H](O[C@@H]3C(C)[C@H](O[C@H]4C(CC)O[C@@H](O[C@H]5C(CC)OC(C(C)C)C(C)[C@H]5C)C(C)[C@H]4C)OC(CC)[C@@H]3C)OC(CC)[C@@H]2C)C(O[C@@H]2OC(C)[C@H](C)[C@@H](C)C2C)[C@@H](C)[C@H]1C. The van der Waals surface area contributed by atoms with E-state index in [2.05, 4.69) is 145 Å². The van der Waals surface area contributed by atoms with Crippen molar-refractivity contribution in [2.75, 3.05) is 0 Å². The van der Waals surface area contributed by atoms with Gasteiger partial charge in [-0.2, -0.15) is 0 Å². The zero-order chi connectivity index (χ0) is 50.2. The van der Waals surface area contributed by atoms with Gasteiger partial charge in [-0.05, 0) is 86.4 Å². The molecule has 0 bridgehead atoms. The molecule has 6 fully saturated rings. The molecule has 0 radical (unpaired) electrons. The summed E-state index contributed by atoms with van der Waals surface area (Å²) in [6.45, 7) is 47.4. The monoisotopic (exact) mass is 965 g/mol. The summed E-state index contributed by atoms with van der Waals surface area (Å²) in [5, 5.41) is 0. The summed E-state index contributed by atoms with van der Waals surface area (Å²) >= 11 is 0. The first-order chi connectivity index (χ1) is 32.1. The molecule has 0 amide bonds. The Morgan fingerprint density at radius 2 is 0.618 bits per heavy atom. The molecule has 6 saturated heterocycles. The lowest BCUT2D eigenvalue weighted by Crippen LogP contribution is -2.60. The van der Waals surface area contributed by atoms with Crippen molar-refractivity contribution in [1.82, 2.24) is 0 Å². The van der Waals surface area contributed by atoms with Crippen LogP contribution in [0.25, 0.3) is 0 Å². The maximum absolute atomic E-state index is 7.34. The normalized spacial score (nSPS) is 52.9. The molecule has 13 unspecified atom stereocenters. The van der Waals surface area contributed by atoms with Gasteiger partial charge in [0.1, 0.15) is 6.10 Å². The van der Waals surface area contributed by atoms with Crippen LogP contribution < -0.4 is 0 Å². The first kappa shape index (κ1) is 56.8. The van der Waals surface area contributed by atoms with Crippen LogP contribution in [0.3, 0.4) is 0 Å². The predicted octanol–water partition coefficient (Wildman–Crippen LogP) is 12.3. The number of ether oxygens (including phenoxy) is 11. The van der Waals surface area contributed by atoms with Gasteiger partial charge in [0.25, 0.3) is 0 Å². The second-order valence-corrected chi connectivity index (χ2v) is 24.0. The first-order valence-electron chi connectivity index (χ1n) is 28.3. The number of rotatable bonds is 16. The molecular weight excluding hydrogens is 861 g/mol. The molecule has 0 aromatic rings. The van der Waals surface area contributed by atoms with E-state index in [-0.39, 0.29) is 133 Å². The van der Waals surface area contributed by atoms with Crippen molar-refractivity contribution in [2.45, 2.75) is 282 Å². The van der Waals surface area contributed by atoms with Crippen LogP contribution in [0.2, 0.25) is 0 Å². The largest absolute Gasteiger partial charge is 0.372 e. The maximum atomic E-state index is 7.34. The predicted molar refractivity (Wildman–Crippen MR) is 267 cm³/mol.